The molecule has 6 nitrogen and oxygen atoms in total. The van der Waals surface area contributed by atoms with Gasteiger partial charge in [-0.2, -0.15) is 0 Å². The topological polar surface area (TPSA) is 45.6 Å². The van der Waals surface area contributed by atoms with Crippen molar-refractivity contribution in [3.05, 3.63) is 12.4 Å². The predicted molar refractivity (Wildman–Crippen MR) is 85.7 cm³/mol. The fourth-order valence-corrected chi connectivity index (χ4v) is 2.67. The number of nitrogens with one attached hydrogen (secondary N) is 1. The van der Waals surface area contributed by atoms with Crippen LogP contribution in [0.2, 0.25) is 0 Å². The molecule has 1 fully saturated rings. The SMILES string of the molecule is CCOCCCn1ccnc1NCC1CN(C)CCN1C. The van der Waals surface area contributed by atoms with Crippen molar-refractivity contribution in [1.29, 1.82) is 0 Å². The van der Waals surface area contributed by atoms with Crippen LogP contribution in [-0.2, 0) is 11.3 Å². The van der Waals surface area contributed by atoms with Crippen molar-refractivity contribution in [2.24, 2.45) is 0 Å². The smallest absolute Gasteiger partial charge is 0.202 e. The van der Waals surface area contributed by atoms with Crippen molar-refractivity contribution in [2.75, 3.05) is 58.8 Å². The summed E-state index contributed by atoms with van der Waals surface area (Å²) in [6.07, 6.45) is 4.91. The third-order valence-electron chi connectivity index (χ3n) is 4.08. The van der Waals surface area contributed by atoms with E-state index in [9.17, 15) is 0 Å². The highest BCUT2D eigenvalue weighted by atomic mass is 16.5. The lowest BCUT2D eigenvalue weighted by molar-refractivity contribution is 0.121. The number of hydrogen-bond acceptors (Lipinski definition) is 5. The van der Waals surface area contributed by atoms with Crippen LogP contribution in [0.1, 0.15) is 13.3 Å². The molecule has 1 atom stereocenters. The highest BCUT2D eigenvalue weighted by Gasteiger charge is 2.22. The summed E-state index contributed by atoms with van der Waals surface area (Å²) in [5.41, 5.74) is 0. The summed E-state index contributed by atoms with van der Waals surface area (Å²) in [5.74, 6) is 0.966. The molecule has 1 aliphatic heterocycles. The first kappa shape index (κ1) is 16.3. The van der Waals surface area contributed by atoms with Crippen LogP contribution in [0.3, 0.4) is 0 Å². The number of nitrogens with zero attached hydrogens (tertiary/aromatic N) is 4. The molecule has 1 aliphatic rings. The monoisotopic (exact) mass is 295 g/mol. The fourth-order valence-electron chi connectivity index (χ4n) is 2.67. The Balaban J connectivity index is 1.78. The average Bonchev–Trinajstić information content (AvgIpc) is 2.92. The molecule has 0 spiro atoms. The summed E-state index contributed by atoms with van der Waals surface area (Å²) in [7, 11) is 4.39. The first-order chi connectivity index (χ1) is 10.2. The molecular weight excluding hydrogens is 266 g/mol. The molecule has 1 N–H and O–H groups in total. The van der Waals surface area contributed by atoms with E-state index >= 15 is 0 Å². The summed E-state index contributed by atoms with van der Waals surface area (Å²) in [6.45, 7) is 8.90. The Morgan fingerprint density at radius 2 is 2.24 bits per heavy atom. The summed E-state index contributed by atoms with van der Waals surface area (Å²) >= 11 is 0. The number of aryl methyl sites for hydroxylation is 1. The predicted octanol–water partition coefficient (Wildman–Crippen LogP) is 0.967. The quantitative estimate of drug-likeness (QED) is 0.724. The number of ether oxygens (including phenoxy) is 1. The van der Waals surface area contributed by atoms with Crippen LogP contribution in [0.5, 0.6) is 0 Å². The molecule has 120 valence electrons. The average molecular weight is 295 g/mol. The van der Waals surface area contributed by atoms with Crippen molar-refractivity contribution in [3.8, 4) is 0 Å². The molecule has 0 amide bonds. The minimum absolute atomic E-state index is 0.539. The minimum Gasteiger partial charge on any atom is -0.382 e. The van der Waals surface area contributed by atoms with Crippen LogP contribution in [0.4, 0.5) is 5.95 Å². The maximum Gasteiger partial charge on any atom is 0.202 e. The number of anilines is 1. The number of hydrogen-bond donors (Lipinski definition) is 1. The molecule has 6 heteroatoms. The molecule has 2 heterocycles. The molecule has 1 unspecified atom stereocenters. The lowest BCUT2D eigenvalue weighted by atomic mass is 10.2. The first-order valence-corrected chi connectivity index (χ1v) is 7.92. The molecular formula is C15H29N5O. The van der Waals surface area contributed by atoms with Crippen LogP contribution >= 0.6 is 0 Å². The van der Waals surface area contributed by atoms with E-state index in [-0.39, 0.29) is 0 Å². The molecule has 21 heavy (non-hydrogen) atoms. The maximum absolute atomic E-state index is 5.39. The van der Waals surface area contributed by atoms with E-state index in [4.69, 9.17) is 4.74 Å². The van der Waals surface area contributed by atoms with E-state index in [1.54, 1.807) is 0 Å². The lowest BCUT2D eigenvalue weighted by Crippen LogP contribution is -2.52. The second kappa shape index (κ2) is 8.36. The first-order valence-electron chi connectivity index (χ1n) is 7.92. The number of piperazine rings is 1. The summed E-state index contributed by atoms with van der Waals surface area (Å²) < 4.78 is 7.56. The van der Waals surface area contributed by atoms with Gasteiger partial charge in [0, 0.05) is 64.4 Å². The Bertz CT molecular complexity index is 409. The van der Waals surface area contributed by atoms with E-state index in [0.29, 0.717) is 6.04 Å². The van der Waals surface area contributed by atoms with E-state index < -0.39 is 0 Å². The second-order valence-electron chi connectivity index (χ2n) is 5.77. The number of rotatable bonds is 8. The third-order valence-corrected chi connectivity index (χ3v) is 4.08. The molecule has 1 saturated heterocycles. The van der Waals surface area contributed by atoms with Gasteiger partial charge in [-0.25, -0.2) is 4.98 Å². The standard InChI is InChI=1S/C15H29N5O/c1-4-21-11-5-7-20-8-6-16-15(20)17-12-14-13-18(2)9-10-19(14)3/h6,8,14H,4-5,7,9-13H2,1-3H3,(H,16,17). The molecule has 0 aromatic carbocycles. The number of imidazole rings is 1. The highest BCUT2D eigenvalue weighted by Crippen LogP contribution is 2.09. The van der Waals surface area contributed by atoms with Gasteiger partial charge in [-0.05, 0) is 27.4 Å². The largest absolute Gasteiger partial charge is 0.382 e. The molecule has 0 saturated carbocycles. The van der Waals surface area contributed by atoms with Crippen LogP contribution in [0.25, 0.3) is 0 Å². The molecule has 0 radical (unpaired) electrons. The molecule has 0 bridgehead atoms. The lowest BCUT2D eigenvalue weighted by Gasteiger charge is -2.37. The van der Waals surface area contributed by atoms with Gasteiger partial charge in [0.05, 0.1) is 0 Å². The van der Waals surface area contributed by atoms with Gasteiger partial charge in [0.25, 0.3) is 0 Å². The zero-order valence-corrected chi connectivity index (χ0v) is 13.6. The summed E-state index contributed by atoms with van der Waals surface area (Å²) in [4.78, 5) is 9.24. The number of likely N-dealkylation sites (N-methyl/N-ethyl adjacent to an activating group) is 2. The maximum atomic E-state index is 5.39. The molecule has 0 aliphatic carbocycles. The van der Waals surface area contributed by atoms with Crippen molar-refractivity contribution in [1.82, 2.24) is 19.4 Å². The fraction of sp³-hybridized carbons (Fsp3) is 0.800. The highest BCUT2D eigenvalue weighted by molar-refractivity contribution is 5.26. The normalized spacial score (nSPS) is 20.8. The van der Waals surface area contributed by atoms with Gasteiger partial charge >= 0.3 is 0 Å². The van der Waals surface area contributed by atoms with Crippen LogP contribution < -0.4 is 5.32 Å². The van der Waals surface area contributed by atoms with Gasteiger partial charge in [0.2, 0.25) is 5.95 Å². The minimum atomic E-state index is 0.539. The Labute approximate surface area is 128 Å². The van der Waals surface area contributed by atoms with E-state index in [2.05, 4.69) is 38.8 Å². The molecule has 1 aromatic rings. The summed E-state index contributed by atoms with van der Waals surface area (Å²) in [6, 6.07) is 0.539. The second-order valence-corrected chi connectivity index (χ2v) is 5.77. The van der Waals surface area contributed by atoms with Crippen LogP contribution in [-0.4, -0.2) is 78.9 Å². The van der Waals surface area contributed by atoms with E-state index in [0.717, 1.165) is 58.3 Å². The number of aromatic nitrogens is 2. The Kier molecular flexibility index (Phi) is 6.48. The zero-order valence-electron chi connectivity index (χ0n) is 13.6. The van der Waals surface area contributed by atoms with Gasteiger partial charge in [0.15, 0.2) is 0 Å². The van der Waals surface area contributed by atoms with Crippen molar-refractivity contribution in [3.63, 3.8) is 0 Å². The zero-order chi connectivity index (χ0) is 15.1. The van der Waals surface area contributed by atoms with Crippen molar-refractivity contribution < 1.29 is 4.74 Å². The van der Waals surface area contributed by atoms with Gasteiger partial charge in [-0.1, -0.05) is 0 Å². The van der Waals surface area contributed by atoms with Gasteiger partial charge in [0.1, 0.15) is 0 Å². The van der Waals surface area contributed by atoms with E-state index in [1.165, 1.54) is 0 Å². The Morgan fingerprint density at radius 3 is 3.05 bits per heavy atom. The van der Waals surface area contributed by atoms with Crippen LogP contribution in [0, 0.1) is 0 Å². The van der Waals surface area contributed by atoms with Gasteiger partial charge in [-0.15, -0.1) is 0 Å². The third kappa shape index (κ3) is 4.98. The van der Waals surface area contributed by atoms with E-state index in [1.807, 2.05) is 19.3 Å². The molecule has 2 rings (SSSR count). The molecule has 1 aromatic heterocycles. The van der Waals surface area contributed by atoms with Crippen molar-refractivity contribution >= 4 is 5.95 Å². The Hall–Kier alpha value is -1.11. The van der Waals surface area contributed by atoms with Gasteiger partial charge in [-0.3, -0.25) is 4.90 Å². The van der Waals surface area contributed by atoms with Gasteiger partial charge < -0.3 is 19.5 Å². The van der Waals surface area contributed by atoms with Crippen molar-refractivity contribution in [2.45, 2.75) is 25.9 Å². The Morgan fingerprint density at radius 1 is 1.38 bits per heavy atom. The summed E-state index contributed by atoms with van der Waals surface area (Å²) in [5, 5.41) is 3.50. The van der Waals surface area contributed by atoms with Crippen LogP contribution in [0.15, 0.2) is 12.4 Å².